The Hall–Kier alpha value is -0.530. The molecule has 1 aromatic carbocycles. The maximum Gasteiger partial charge on any atom is 0.123 e. The van der Waals surface area contributed by atoms with Crippen LogP contribution in [0.25, 0.3) is 0 Å². The lowest BCUT2D eigenvalue weighted by atomic mass is 9.97. The van der Waals surface area contributed by atoms with Crippen LogP contribution in [0.15, 0.2) is 22.7 Å². The minimum absolute atomic E-state index is 0.0841. The molecule has 2 unspecified atom stereocenters. The van der Waals surface area contributed by atoms with Gasteiger partial charge >= 0.3 is 0 Å². The predicted octanol–water partition coefficient (Wildman–Crippen LogP) is 1.21. The number of nitrogens with zero attached hydrogens (tertiary/aromatic N) is 2. The van der Waals surface area contributed by atoms with Gasteiger partial charge in [0.2, 0.25) is 0 Å². The van der Waals surface area contributed by atoms with Crippen molar-refractivity contribution in [3.8, 4) is 0 Å². The summed E-state index contributed by atoms with van der Waals surface area (Å²) in [6.45, 7) is 3.04. The highest BCUT2D eigenvalue weighted by molar-refractivity contribution is 9.10. The highest BCUT2D eigenvalue weighted by Gasteiger charge is 2.29. The highest BCUT2D eigenvalue weighted by Crippen LogP contribution is 2.21. The molecule has 3 N–H and O–H groups in total. The van der Waals surface area contributed by atoms with Crippen molar-refractivity contribution in [2.24, 2.45) is 5.84 Å². The quantitative estimate of drug-likeness (QED) is 0.636. The fraction of sp³-hybridized carbons (Fsp3) is 0.571. The molecule has 0 radical (unpaired) electrons. The zero-order chi connectivity index (χ0) is 14.7. The van der Waals surface area contributed by atoms with Crippen LogP contribution in [-0.2, 0) is 6.42 Å². The number of hydrogen-bond donors (Lipinski definition) is 2. The second-order valence-electron chi connectivity index (χ2n) is 5.52. The first-order valence-corrected chi connectivity index (χ1v) is 7.59. The maximum absolute atomic E-state index is 13.4. The number of likely N-dealkylation sites (N-methyl/N-ethyl adjacent to an activating group) is 2. The molecule has 0 saturated carbocycles. The van der Waals surface area contributed by atoms with Crippen LogP contribution in [0.4, 0.5) is 4.39 Å². The van der Waals surface area contributed by atoms with Gasteiger partial charge in [-0.15, -0.1) is 0 Å². The minimum atomic E-state index is -0.215. The second-order valence-corrected chi connectivity index (χ2v) is 6.38. The molecular formula is C14H22BrFN4. The van der Waals surface area contributed by atoms with Crippen molar-refractivity contribution in [2.75, 3.05) is 33.7 Å². The van der Waals surface area contributed by atoms with Crippen molar-refractivity contribution in [3.05, 3.63) is 34.1 Å². The van der Waals surface area contributed by atoms with E-state index in [9.17, 15) is 4.39 Å². The molecule has 1 aromatic rings. The Morgan fingerprint density at radius 1 is 1.45 bits per heavy atom. The lowest BCUT2D eigenvalue weighted by Crippen LogP contribution is -2.60. The van der Waals surface area contributed by atoms with E-state index >= 15 is 0 Å². The van der Waals surface area contributed by atoms with Crippen LogP contribution >= 0.6 is 15.9 Å². The van der Waals surface area contributed by atoms with Crippen LogP contribution in [0.3, 0.4) is 0 Å². The van der Waals surface area contributed by atoms with E-state index in [0.717, 1.165) is 29.7 Å². The number of hydrogen-bond acceptors (Lipinski definition) is 4. The van der Waals surface area contributed by atoms with E-state index in [-0.39, 0.29) is 11.9 Å². The monoisotopic (exact) mass is 344 g/mol. The van der Waals surface area contributed by atoms with Crippen LogP contribution in [0, 0.1) is 5.82 Å². The first-order chi connectivity index (χ1) is 9.51. The fourth-order valence-corrected chi connectivity index (χ4v) is 3.13. The van der Waals surface area contributed by atoms with Crippen molar-refractivity contribution >= 4 is 15.9 Å². The molecule has 1 aliphatic heterocycles. The van der Waals surface area contributed by atoms with Crippen molar-refractivity contribution in [3.63, 3.8) is 0 Å². The largest absolute Gasteiger partial charge is 0.303 e. The van der Waals surface area contributed by atoms with Gasteiger partial charge in [0.15, 0.2) is 0 Å². The van der Waals surface area contributed by atoms with Crippen LogP contribution in [0.5, 0.6) is 0 Å². The summed E-state index contributed by atoms with van der Waals surface area (Å²) in [5.41, 5.74) is 3.85. The number of piperazine rings is 1. The van der Waals surface area contributed by atoms with E-state index in [0.29, 0.717) is 12.5 Å². The van der Waals surface area contributed by atoms with E-state index in [1.165, 1.54) is 6.07 Å². The van der Waals surface area contributed by atoms with Crippen molar-refractivity contribution in [1.82, 2.24) is 15.2 Å². The Kier molecular flexibility index (Phi) is 5.51. The SMILES string of the molecule is CN1CCN(C)C(C(Cc2cc(F)ccc2Br)NN)C1. The first-order valence-electron chi connectivity index (χ1n) is 6.80. The van der Waals surface area contributed by atoms with Crippen molar-refractivity contribution in [2.45, 2.75) is 18.5 Å². The van der Waals surface area contributed by atoms with Gasteiger partial charge in [0, 0.05) is 36.2 Å². The molecule has 20 heavy (non-hydrogen) atoms. The molecule has 1 saturated heterocycles. The Labute approximate surface area is 128 Å². The van der Waals surface area contributed by atoms with Crippen molar-refractivity contribution in [1.29, 1.82) is 0 Å². The van der Waals surface area contributed by atoms with E-state index in [1.54, 1.807) is 12.1 Å². The average Bonchev–Trinajstić information content (AvgIpc) is 2.42. The normalized spacial score (nSPS) is 22.9. The van der Waals surface area contributed by atoms with Crippen LogP contribution in [0.1, 0.15) is 5.56 Å². The molecule has 1 fully saturated rings. The Morgan fingerprint density at radius 2 is 2.20 bits per heavy atom. The number of hydrazine groups is 1. The molecule has 1 aliphatic rings. The summed E-state index contributed by atoms with van der Waals surface area (Å²) in [7, 11) is 4.23. The average molecular weight is 345 g/mol. The van der Waals surface area contributed by atoms with Gasteiger partial charge in [0.05, 0.1) is 0 Å². The van der Waals surface area contributed by atoms with E-state index in [4.69, 9.17) is 5.84 Å². The third kappa shape index (κ3) is 3.77. The Balaban J connectivity index is 2.13. The number of nitrogens with one attached hydrogen (secondary N) is 1. The van der Waals surface area contributed by atoms with Crippen LogP contribution in [0.2, 0.25) is 0 Å². The second kappa shape index (κ2) is 6.95. The summed E-state index contributed by atoms with van der Waals surface area (Å²) < 4.78 is 14.3. The highest BCUT2D eigenvalue weighted by atomic mass is 79.9. The van der Waals surface area contributed by atoms with Gasteiger partial charge in [0.25, 0.3) is 0 Å². The van der Waals surface area contributed by atoms with Gasteiger partial charge < -0.3 is 4.90 Å². The standard InChI is InChI=1S/C14H22BrFN4/c1-19-5-6-20(2)14(9-19)13(18-17)8-10-7-11(16)3-4-12(10)15/h3-4,7,13-14,18H,5-6,8-9,17H2,1-2H3. The summed E-state index contributed by atoms with van der Waals surface area (Å²) in [4.78, 5) is 4.62. The molecule has 0 amide bonds. The zero-order valence-corrected chi connectivity index (χ0v) is 13.5. The molecule has 4 nitrogen and oxygen atoms in total. The number of benzene rings is 1. The Bertz CT molecular complexity index is 457. The molecule has 0 aromatic heterocycles. The lowest BCUT2D eigenvalue weighted by molar-refractivity contribution is 0.0876. The number of halogens is 2. The van der Waals surface area contributed by atoms with Gasteiger partial charge in [-0.3, -0.25) is 16.2 Å². The fourth-order valence-electron chi connectivity index (χ4n) is 2.72. The Morgan fingerprint density at radius 3 is 2.90 bits per heavy atom. The van der Waals surface area contributed by atoms with Crippen molar-refractivity contribution < 1.29 is 4.39 Å². The van der Waals surface area contributed by atoms with Gasteiger partial charge in [0.1, 0.15) is 5.82 Å². The van der Waals surface area contributed by atoms with Crippen LogP contribution < -0.4 is 11.3 Å². The van der Waals surface area contributed by atoms with Gasteiger partial charge in [-0.1, -0.05) is 15.9 Å². The lowest BCUT2D eigenvalue weighted by Gasteiger charge is -2.41. The molecule has 6 heteroatoms. The topological polar surface area (TPSA) is 44.5 Å². The van der Waals surface area contributed by atoms with Crippen LogP contribution in [-0.4, -0.2) is 55.6 Å². The predicted molar refractivity (Wildman–Crippen MR) is 82.8 cm³/mol. The van der Waals surface area contributed by atoms with Gasteiger partial charge in [-0.2, -0.15) is 0 Å². The molecule has 0 bridgehead atoms. The summed E-state index contributed by atoms with van der Waals surface area (Å²) >= 11 is 3.48. The van der Waals surface area contributed by atoms with E-state index in [1.807, 2.05) is 0 Å². The van der Waals surface area contributed by atoms with Gasteiger partial charge in [-0.25, -0.2) is 4.39 Å². The molecule has 112 valence electrons. The van der Waals surface area contributed by atoms with E-state index in [2.05, 4.69) is 45.3 Å². The molecule has 0 spiro atoms. The zero-order valence-electron chi connectivity index (χ0n) is 11.9. The summed E-state index contributed by atoms with van der Waals surface area (Å²) in [5, 5.41) is 0. The molecule has 2 atom stereocenters. The minimum Gasteiger partial charge on any atom is -0.303 e. The van der Waals surface area contributed by atoms with Gasteiger partial charge in [-0.05, 0) is 44.3 Å². The summed E-state index contributed by atoms with van der Waals surface area (Å²) in [5.74, 6) is 5.53. The maximum atomic E-state index is 13.4. The third-order valence-corrected chi connectivity index (χ3v) is 4.80. The number of rotatable bonds is 4. The first kappa shape index (κ1) is 15.9. The molecular weight excluding hydrogens is 323 g/mol. The molecule has 2 rings (SSSR count). The molecule has 1 heterocycles. The summed E-state index contributed by atoms with van der Waals surface area (Å²) in [6.07, 6.45) is 0.692. The third-order valence-electron chi connectivity index (χ3n) is 4.03. The van der Waals surface area contributed by atoms with E-state index < -0.39 is 0 Å². The smallest absolute Gasteiger partial charge is 0.123 e. The summed E-state index contributed by atoms with van der Waals surface area (Å²) in [6, 6.07) is 5.17. The molecule has 0 aliphatic carbocycles. The number of nitrogens with two attached hydrogens (primary N) is 1.